The van der Waals surface area contributed by atoms with Crippen molar-refractivity contribution in [3.05, 3.63) is 52.0 Å². The summed E-state index contributed by atoms with van der Waals surface area (Å²) in [6, 6.07) is 7.52. The van der Waals surface area contributed by atoms with Gasteiger partial charge in [0.05, 0.1) is 24.4 Å². The first kappa shape index (κ1) is 15.6. The minimum atomic E-state index is -0.530. The molecule has 3 nitrogen and oxygen atoms in total. The fourth-order valence-electron chi connectivity index (χ4n) is 1.82. The molecule has 0 amide bonds. The molecule has 0 unspecified atom stereocenters. The standard InChI is InChI=1S/C15H14BrF2NO2/c1-20-10-3-9(4-11(5-10)21-2)8-19-15-7-13(17)12(16)6-14(15)18/h3-7,19H,8H2,1-2H3. The zero-order valence-corrected chi connectivity index (χ0v) is 13.1. The molecule has 0 saturated carbocycles. The van der Waals surface area contributed by atoms with E-state index in [4.69, 9.17) is 9.47 Å². The third-order valence-corrected chi connectivity index (χ3v) is 3.51. The third kappa shape index (κ3) is 3.85. The number of hydrogen-bond donors (Lipinski definition) is 1. The van der Waals surface area contributed by atoms with Gasteiger partial charge in [-0.1, -0.05) is 0 Å². The van der Waals surface area contributed by atoms with Gasteiger partial charge in [-0.2, -0.15) is 0 Å². The lowest BCUT2D eigenvalue weighted by molar-refractivity contribution is 0.393. The van der Waals surface area contributed by atoms with Gasteiger partial charge in [-0.3, -0.25) is 0 Å². The molecule has 2 aromatic rings. The van der Waals surface area contributed by atoms with E-state index in [0.29, 0.717) is 18.0 Å². The summed E-state index contributed by atoms with van der Waals surface area (Å²) in [6.45, 7) is 0.311. The van der Waals surface area contributed by atoms with Crippen molar-refractivity contribution in [1.82, 2.24) is 0 Å². The van der Waals surface area contributed by atoms with Crippen LogP contribution in [0.3, 0.4) is 0 Å². The Labute approximate surface area is 130 Å². The Morgan fingerprint density at radius 2 is 1.57 bits per heavy atom. The van der Waals surface area contributed by atoms with Crippen molar-refractivity contribution in [3.63, 3.8) is 0 Å². The van der Waals surface area contributed by atoms with Gasteiger partial charge in [-0.25, -0.2) is 8.78 Å². The van der Waals surface area contributed by atoms with Crippen LogP contribution < -0.4 is 14.8 Å². The van der Waals surface area contributed by atoms with Crippen molar-refractivity contribution < 1.29 is 18.3 Å². The molecule has 0 fully saturated rings. The maximum atomic E-state index is 13.7. The van der Waals surface area contributed by atoms with E-state index in [0.717, 1.165) is 17.7 Å². The highest BCUT2D eigenvalue weighted by Crippen LogP contribution is 2.26. The van der Waals surface area contributed by atoms with Crippen LogP contribution in [0.25, 0.3) is 0 Å². The molecule has 6 heteroatoms. The highest BCUT2D eigenvalue weighted by atomic mass is 79.9. The van der Waals surface area contributed by atoms with E-state index in [1.807, 2.05) is 0 Å². The van der Waals surface area contributed by atoms with Crippen LogP contribution in [-0.2, 0) is 6.54 Å². The summed E-state index contributed by atoms with van der Waals surface area (Å²) in [7, 11) is 3.10. The lowest BCUT2D eigenvalue weighted by atomic mass is 10.2. The highest BCUT2D eigenvalue weighted by Gasteiger charge is 2.09. The molecule has 0 aromatic heterocycles. The molecule has 0 aliphatic rings. The zero-order valence-electron chi connectivity index (χ0n) is 11.5. The molecule has 112 valence electrons. The number of ether oxygens (including phenoxy) is 2. The number of methoxy groups -OCH3 is 2. The first-order chi connectivity index (χ1) is 10.0. The molecule has 0 saturated heterocycles. The van der Waals surface area contributed by atoms with E-state index in [9.17, 15) is 8.78 Å². The predicted octanol–water partition coefficient (Wildman–Crippen LogP) is 4.36. The Kier molecular flexibility index (Phi) is 5.01. The zero-order chi connectivity index (χ0) is 15.4. The third-order valence-electron chi connectivity index (χ3n) is 2.90. The number of benzene rings is 2. The van der Waals surface area contributed by atoms with E-state index in [1.54, 1.807) is 32.4 Å². The van der Waals surface area contributed by atoms with Crippen LogP contribution >= 0.6 is 15.9 Å². The average molecular weight is 358 g/mol. The summed E-state index contributed by atoms with van der Waals surface area (Å²) in [4.78, 5) is 0. The Balaban J connectivity index is 2.18. The summed E-state index contributed by atoms with van der Waals surface area (Å²) in [5.41, 5.74) is 0.923. The van der Waals surface area contributed by atoms with Crippen LogP contribution in [-0.4, -0.2) is 14.2 Å². The minimum Gasteiger partial charge on any atom is -0.497 e. The van der Waals surface area contributed by atoms with Gasteiger partial charge in [0, 0.05) is 18.7 Å². The van der Waals surface area contributed by atoms with E-state index < -0.39 is 11.6 Å². The van der Waals surface area contributed by atoms with Crippen LogP contribution in [0.2, 0.25) is 0 Å². The fraction of sp³-hybridized carbons (Fsp3) is 0.200. The summed E-state index contributed by atoms with van der Waals surface area (Å²) in [6.07, 6.45) is 0. The lowest BCUT2D eigenvalue weighted by Crippen LogP contribution is -2.03. The van der Waals surface area contributed by atoms with E-state index in [2.05, 4.69) is 21.2 Å². The monoisotopic (exact) mass is 357 g/mol. The van der Waals surface area contributed by atoms with Crippen LogP contribution in [0, 0.1) is 11.6 Å². The number of anilines is 1. The molecule has 21 heavy (non-hydrogen) atoms. The van der Waals surface area contributed by atoms with Crippen LogP contribution in [0.4, 0.5) is 14.5 Å². The average Bonchev–Trinajstić information content (AvgIpc) is 2.49. The van der Waals surface area contributed by atoms with Crippen molar-refractivity contribution in [2.24, 2.45) is 0 Å². The van der Waals surface area contributed by atoms with Crippen LogP contribution in [0.1, 0.15) is 5.56 Å². The number of hydrogen-bond acceptors (Lipinski definition) is 3. The van der Waals surface area contributed by atoms with Gasteiger partial charge in [0.2, 0.25) is 0 Å². The molecular weight excluding hydrogens is 344 g/mol. The van der Waals surface area contributed by atoms with E-state index in [1.165, 1.54) is 0 Å². The highest BCUT2D eigenvalue weighted by molar-refractivity contribution is 9.10. The molecule has 0 aliphatic heterocycles. The molecule has 0 bridgehead atoms. The van der Waals surface area contributed by atoms with Crippen molar-refractivity contribution in [2.75, 3.05) is 19.5 Å². The molecule has 2 aromatic carbocycles. The Morgan fingerprint density at radius 1 is 0.952 bits per heavy atom. The molecular formula is C15H14BrF2NO2. The van der Waals surface area contributed by atoms with Gasteiger partial charge >= 0.3 is 0 Å². The normalized spacial score (nSPS) is 10.3. The topological polar surface area (TPSA) is 30.5 Å². The summed E-state index contributed by atoms with van der Waals surface area (Å²) < 4.78 is 37.6. The number of nitrogens with one attached hydrogen (secondary N) is 1. The second-order valence-electron chi connectivity index (χ2n) is 4.32. The molecule has 0 spiro atoms. The van der Waals surface area contributed by atoms with Crippen LogP contribution in [0.5, 0.6) is 11.5 Å². The second-order valence-corrected chi connectivity index (χ2v) is 5.17. The van der Waals surface area contributed by atoms with Crippen molar-refractivity contribution in [3.8, 4) is 11.5 Å². The Morgan fingerprint density at radius 3 is 2.14 bits per heavy atom. The first-order valence-corrected chi connectivity index (χ1v) is 6.93. The van der Waals surface area contributed by atoms with E-state index in [-0.39, 0.29) is 10.2 Å². The maximum absolute atomic E-state index is 13.7. The van der Waals surface area contributed by atoms with Gasteiger partial charge in [-0.15, -0.1) is 0 Å². The Bertz CT molecular complexity index is 628. The summed E-state index contributed by atoms with van der Waals surface area (Å²) in [5, 5.41) is 2.85. The smallest absolute Gasteiger partial charge is 0.147 e. The van der Waals surface area contributed by atoms with Crippen molar-refractivity contribution in [1.29, 1.82) is 0 Å². The minimum absolute atomic E-state index is 0.0913. The lowest BCUT2D eigenvalue weighted by Gasteiger charge is -2.11. The van der Waals surface area contributed by atoms with Crippen molar-refractivity contribution in [2.45, 2.75) is 6.54 Å². The van der Waals surface area contributed by atoms with Crippen molar-refractivity contribution >= 4 is 21.6 Å². The molecule has 0 atom stereocenters. The fourth-order valence-corrected chi connectivity index (χ4v) is 2.14. The van der Waals surface area contributed by atoms with Gasteiger partial charge in [0.15, 0.2) is 0 Å². The predicted molar refractivity (Wildman–Crippen MR) is 80.9 cm³/mol. The summed E-state index contributed by atoms with van der Waals surface area (Å²) in [5.74, 6) is 0.211. The SMILES string of the molecule is COc1cc(CNc2cc(F)c(Br)cc2F)cc(OC)c1. The van der Waals surface area contributed by atoms with E-state index >= 15 is 0 Å². The number of rotatable bonds is 5. The van der Waals surface area contributed by atoms with Gasteiger partial charge in [0.1, 0.15) is 23.1 Å². The van der Waals surface area contributed by atoms with Gasteiger partial charge < -0.3 is 14.8 Å². The molecule has 0 aliphatic carbocycles. The first-order valence-electron chi connectivity index (χ1n) is 6.14. The van der Waals surface area contributed by atoms with Crippen LogP contribution in [0.15, 0.2) is 34.8 Å². The van der Waals surface area contributed by atoms with Gasteiger partial charge in [-0.05, 0) is 39.7 Å². The molecule has 1 N–H and O–H groups in total. The molecule has 2 rings (SSSR count). The van der Waals surface area contributed by atoms with Gasteiger partial charge in [0.25, 0.3) is 0 Å². The quantitative estimate of drug-likeness (QED) is 0.806. The molecule has 0 heterocycles. The maximum Gasteiger partial charge on any atom is 0.147 e. The largest absolute Gasteiger partial charge is 0.497 e. The molecule has 0 radical (unpaired) electrons. The number of halogens is 3. The summed E-state index contributed by atoms with van der Waals surface area (Å²) >= 11 is 2.94. The second kappa shape index (κ2) is 6.76. The Hall–Kier alpha value is -1.82.